The summed E-state index contributed by atoms with van der Waals surface area (Å²) in [7, 11) is 0. The molecule has 0 bridgehead atoms. The molecule has 0 saturated carbocycles. The zero-order chi connectivity index (χ0) is 13.8. The molecule has 0 nitrogen and oxygen atoms in total. The standard InChI is InChI=1S/C18H20Te/c1-13-8-14(2)10-17(9-13)6-5-7-18-11-15(3)19-16(4)12-18/h5-12H,1-4H3/b6-5+. The molecule has 1 aromatic carbocycles. The molecular weight excluding hydrogens is 344 g/mol. The molecular formula is C18H20Te. The Hall–Kier alpha value is -1.03. The average Bonchev–Trinajstić information content (AvgIpc) is 2.26. The molecule has 1 aromatic rings. The monoisotopic (exact) mass is 366 g/mol. The van der Waals surface area contributed by atoms with E-state index in [0.717, 1.165) is 0 Å². The van der Waals surface area contributed by atoms with Gasteiger partial charge in [0.2, 0.25) is 0 Å². The molecule has 0 unspecified atom stereocenters. The quantitative estimate of drug-likeness (QED) is 0.664. The minimum absolute atomic E-state index is 0.0245. The van der Waals surface area contributed by atoms with Crippen LogP contribution in [0.3, 0.4) is 0 Å². The van der Waals surface area contributed by atoms with Crippen LogP contribution in [-0.4, -0.2) is 20.9 Å². The molecule has 1 aliphatic heterocycles. The molecule has 1 heteroatoms. The van der Waals surface area contributed by atoms with Crippen molar-refractivity contribution >= 4 is 27.0 Å². The predicted molar refractivity (Wildman–Crippen MR) is 86.3 cm³/mol. The Morgan fingerprint density at radius 2 is 1.42 bits per heavy atom. The maximum absolute atomic E-state index is 2.32. The molecule has 0 aliphatic carbocycles. The summed E-state index contributed by atoms with van der Waals surface area (Å²) < 4.78 is 3.13. The second kappa shape index (κ2) is 6.42. The molecule has 19 heavy (non-hydrogen) atoms. The van der Waals surface area contributed by atoms with Crippen LogP contribution in [0, 0.1) is 13.8 Å². The first kappa shape index (κ1) is 14.4. The molecule has 0 radical (unpaired) electrons. The summed E-state index contributed by atoms with van der Waals surface area (Å²) in [5.41, 5.74) is 5.25. The molecule has 0 aromatic heterocycles. The van der Waals surface area contributed by atoms with Crippen molar-refractivity contribution in [3.63, 3.8) is 0 Å². The van der Waals surface area contributed by atoms with Crippen LogP contribution in [0.25, 0.3) is 6.08 Å². The SMILES string of the molecule is CC1=CC(=C/C=C/c2cc(C)cc(C)c2)C=C(C)[Te]1. The summed E-state index contributed by atoms with van der Waals surface area (Å²) in [4.78, 5) is 0. The van der Waals surface area contributed by atoms with Crippen LogP contribution in [0.4, 0.5) is 0 Å². The Bertz CT molecular complexity index is 558. The van der Waals surface area contributed by atoms with Crippen LogP contribution in [0.15, 0.2) is 55.3 Å². The number of benzene rings is 1. The van der Waals surface area contributed by atoms with E-state index in [4.69, 9.17) is 0 Å². The van der Waals surface area contributed by atoms with Crippen molar-refractivity contribution in [3.8, 4) is 0 Å². The Kier molecular flexibility index (Phi) is 4.86. The van der Waals surface area contributed by atoms with Crippen LogP contribution >= 0.6 is 0 Å². The van der Waals surface area contributed by atoms with E-state index >= 15 is 0 Å². The predicted octanol–water partition coefficient (Wildman–Crippen LogP) is 4.77. The first-order chi connectivity index (χ1) is 9.02. The Morgan fingerprint density at radius 3 is 2.00 bits per heavy atom. The fraction of sp³-hybridized carbons (Fsp3) is 0.222. The minimum atomic E-state index is -0.0245. The van der Waals surface area contributed by atoms with Gasteiger partial charge < -0.3 is 0 Å². The van der Waals surface area contributed by atoms with E-state index in [1.165, 1.54) is 22.3 Å². The van der Waals surface area contributed by atoms with Gasteiger partial charge in [0.25, 0.3) is 0 Å². The molecule has 1 heterocycles. The summed E-state index contributed by atoms with van der Waals surface area (Å²) in [6.45, 7) is 8.79. The third-order valence-corrected chi connectivity index (χ3v) is 5.39. The van der Waals surface area contributed by atoms with E-state index in [2.05, 4.69) is 76.3 Å². The molecule has 0 saturated heterocycles. The van der Waals surface area contributed by atoms with Gasteiger partial charge in [-0.1, -0.05) is 0 Å². The molecule has 0 N–H and O–H groups in total. The Morgan fingerprint density at radius 1 is 0.842 bits per heavy atom. The Labute approximate surface area is 126 Å². The summed E-state index contributed by atoms with van der Waals surface area (Å²) in [6.07, 6.45) is 11.2. The molecule has 1 aliphatic rings. The second-order valence-electron chi connectivity index (χ2n) is 5.06. The third kappa shape index (κ3) is 4.53. The van der Waals surface area contributed by atoms with E-state index < -0.39 is 0 Å². The first-order valence-corrected chi connectivity index (χ1v) is 8.87. The zero-order valence-corrected chi connectivity index (χ0v) is 14.4. The maximum atomic E-state index is 2.32. The number of hydrogen-bond donors (Lipinski definition) is 0. The average molecular weight is 364 g/mol. The van der Waals surface area contributed by atoms with Gasteiger partial charge in [-0.05, 0) is 0 Å². The van der Waals surface area contributed by atoms with E-state index in [1.807, 2.05) is 0 Å². The fourth-order valence-electron chi connectivity index (χ4n) is 2.30. The van der Waals surface area contributed by atoms with Crippen LogP contribution in [0.2, 0.25) is 0 Å². The van der Waals surface area contributed by atoms with E-state index in [1.54, 1.807) is 7.24 Å². The van der Waals surface area contributed by atoms with Crippen LogP contribution in [0.5, 0.6) is 0 Å². The van der Waals surface area contributed by atoms with Gasteiger partial charge in [0.15, 0.2) is 0 Å². The normalized spacial score (nSPS) is 15.5. The van der Waals surface area contributed by atoms with Gasteiger partial charge in [-0.15, -0.1) is 0 Å². The number of rotatable bonds is 2. The zero-order valence-electron chi connectivity index (χ0n) is 12.0. The summed E-state index contributed by atoms with van der Waals surface area (Å²) >= 11 is -0.0245. The fourth-order valence-corrected chi connectivity index (χ4v) is 4.86. The topological polar surface area (TPSA) is 0 Å². The molecule has 0 amide bonds. The van der Waals surface area contributed by atoms with Gasteiger partial charge in [-0.25, -0.2) is 0 Å². The van der Waals surface area contributed by atoms with Crippen molar-refractivity contribution < 1.29 is 0 Å². The van der Waals surface area contributed by atoms with Crippen molar-refractivity contribution in [2.75, 3.05) is 0 Å². The summed E-state index contributed by atoms with van der Waals surface area (Å²) in [5, 5.41) is 0. The molecule has 0 fully saturated rings. The van der Waals surface area contributed by atoms with E-state index in [0.29, 0.717) is 0 Å². The van der Waals surface area contributed by atoms with Crippen molar-refractivity contribution in [3.05, 3.63) is 72.0 Å². The van der Waals surface area contributed by atoms with Gasteiger partial charge in [-0.2, -0.15) is 0 Å². The van der Waals surface area contributed by atoms with Crippen LogP contribution in [-0.2, 0) is 0 Å². The molecule has 0 atom stereocenters. The summed E-state index contributed by atoms with van der Waals surface area (Å²) in [6, 6.07) is 6.65. The van der Waals surface area contributed by atoms with Gasteiger partial charge in [0, 0.05) is 0 Å². The second-order valence-corrected chi connectivity index (χ2v) is 9.32. The number of aryl methyl sites for hydroxylation is 2. The number of allylic oxidation sites excluding steroid dienone is 7. The van der Waals surface area contributed by atoms with Gasteiger partial charge in [0.05, 0.1) is 0 Å². The summed E-state index contributed by atoms with van der Waals surface area (Å²) in [5.74, 6) is 0. The third-order valence-electron chi connectivity index (χ3n) is 2.88. The van der Waals surface area contributed by atoms with Crippen LogP contribution < -0.4 is 0 Å². The van der Waals surface area contributed by atoms with E-state index in [9.17, 15) is 0 Å². The first-order valence-electron chi connectivity index (χ1n) is 6.54. The number of hydrogen-bond acceptors (Lipinski definition) is 0. The molecule has 2 rings (SSSR count). The van der Waals surface area contributed by atoms with Crippen molar-refractivity contribution in [1.29, 1.82) is 0 Å². The van der Waals surface area contributed by atoms with Crippen LogP contribution in [0.1, 0.15) is 30.5 Å². The molecule has 98 valence electrons. The Balaban J connectivity index is 2.17. The van der Waals surface area contributed by atoms with Crippen molar-refractivity contribution in [2.45, 2.75) is 27.7 Å². The van der Waals surface area contributed by atoms with Crippen molar-refractivity contribution in [1.82, 2.24) is 0 Å². The van der Waals surface area contributed by atoms with Gasteiger partial charge in [-0.3, -0.25) is 0 Å². The molecule has 0 spiro atoms. The van der Waals surface area contributed by atoms with Gasteiger partial charge in [0.1, 0.15) is 0 Å². The van der Waals surface area contributed by atoms with E-state index in [-0.39, 0.29) is 20.9 Å². The van der Waals surface area contributed by atoms with Gasteiger partial charge >= 0.3 is 127 Å². The van der Waals surface area contributed by atoms with Crippen molar-refractivity contribution in [2.24, 2.45) is 0 Å².